The quantitative estimate of drug-likeness (QED) is 0.370. The van der Waals surface area contributed by atoms with Crippen LogP contribution in [0.5, 0.6) is 11.5 Å². The van der Waals surface area contributed by atoms with Gasteiger partial charge in [-0.1, -0.05) is 74.5 Å². The SMILES string of the molecule is COc1ccccc1NC(=O)C1=C(C)NC2=C(C(=O)CC(C)(C)C2)[C@H]1c1ccccc1OCc1ccccc1. The Kier molecular flexibility index (Phi) is 7.29. The fourth-order valence-electron chi connectivity index (χ4n) is 5.57. The third-order valence-corrected chi connectivity index (χ3v) is 7.31. The lowest BCUT2D eigenvalue weighted by molar-refractivity contribution is -0.118. The molecule has 39 heavy (non-hydrogen) atoms. The Morgan fingerprint density at radius 3 is 2.36 bits per heavy atom. The van der Waals surface area contributed by atoms with Crippen molar-refractivity contribution in [3.8, 4) is 11.5 Å². The van der Waals surface area contributed by atoms with E-state index in [-0.39, 0.29) is 17.1 Å². The Hall–Kier alpha value is -4.32. The average molecular weight is 523 g/mol. The molecular formula is C33H34N2O4. The van der Waals surface area contributed by atoms with E-state index in [0.717, 1.165) is 28.9 Å². The smallest absolute Gasteiger partial charge is 0.254 e. The van der Waals surface area contributed by atoms with E-state index in [1.54, 1.807) is 19.2 Å². The number of methoxy groups -OCH3 is 1. The van der Waals surface area contributed by atoms with Crippen molar-refractivity contribution < 1.29 is 19.1 Å². The summed E-state index contributed by atoms with van der Waals surface area (Å²) in [6.45, 7) is 6.48. The van der Waals surface area contributed by atoms with Crippen LogP contribution in [-0.2, 0) is 16.2 Å². The zero-order valence-electron chi connectivity index (χ0n) is 22.8. The zero-order valence-corrected chi connectivity index (χ0v) is 22.8. The van der Waals surface area contributed by atoms with Crippen LogP contribution in [0.3, 0.4) is 0 Å². The summed E-state index contributed by atoms with van der Waals surface area (Å²) in [6.07, 6.45) is 1.13. The van der Waals surface area contributed by atoms with Gasteiger partial charge in [0.15, 0.2) is 5.78 Å². The number of Topliss-reactive ketones (excluding diaryl/α,β-unsaturated/α-hetero) is 1. The van der Waals surface area contributed by atoms with E-state index in [2.05, 4.69) is 24.5 Å². The van der Waals surface area contributed by atoms with Gasteiger partial charge in [0.2, 0.25) is 0 Å². The number of para-hydroxylation sites is 3. The molecular weight excluding hydrogens is 488 g/mol. The minimum Gasteiger partial charge on any atom is -0.495 e. The molecule has 3 aromatic rings. The van der Waals surface area contributed by atoms with Gasteiger partial charge in [0.05, 0.1) is 18.7 Å². The molecule has 0 saturated heterocycles. The highest BCUT2D eigenvalue weighted by Crippen LogP contribution is 2.48. The van der Waals surface area contributed by atoms with Crippen molar-refractivity contribution >= 4 is 17.4 Å². The summed E-state index contributed by atoms with van der Waals surface area (Å²) < 4.78 is 11.8. The molecule has 0 spiro atoms. The predicted octanol–water partition coefficient (Wildman–Crippen LogP) is 6.52. The maximum absolute atomic E-state index is 14.0. The first-order valence-electron chi connectivity index (χ1n) is 13.2. The van der Waals surface area contributed by atoms with Gasteiger partial charge < -0.3 is 20.1 Å². The first kappa shape index (κ1) is 26.3. The van der Waals surface area contributed by atoms with Crippen molar-refractivity contribution in [2.24, 2.45) is 5.41 Å². The van der Waals surface area contributed by atoms with E-state index in [1.165, 1.54) is 0 Å². The molecule has 6 nitrogen and oxygen atoms in total. The van der Waals surface area contributed by atoms with Gasteiger partial charge in [-0.05, 0) is 42.5 Å². The monoisotopic (exact) mass is 522 g/mol. The van der Waals surface area contributed by atoms with Crippen LogP contribution in [0.25, 0.3) is 0 Å². The number of rotatable bonds is 7. The van der Waals surface area contributed by atoms with Crippen molar-refractivity contribution in [1.29, 1.82) is 0 Å². The van der Waals surface area contributed by atoms with E-state index in [1.807, 2.05) is 73.7 Å². The van der Waals surface area contributed by atoms with Crippen LogP contribution in [0.1, 0.15) is 50.7 Å². The number of carbonyl (C=O) groups excluding carboxylic acids is 2. The largest absolute Gasteiger partial charge is 0.495 e. The third kappa shape index (κ3) is 5.46. The average Bonchev–Trinajstić information content (AvgIpc) is 2.91. The van der Waals surface area contributed by atoms with Gasteiger partial charge in [-0.25, -0.2) is 0 Å². The summed E-state index contributed by atoms with van der Waals surface area (Å²) in [5, 5.41) is 6.46. The topological polar surface area (TPSA) is 76.7 Å². The highest BCUT2D eigenvalue weighted by Gasteiger charge is 2.43. The highest BCUT2D eigenvalue weighted by molar-refractivity contribution is 6.10. The van der Waals surface area contributed by atoms with E-state index in [9.17, 15) is 9.59 Å². The van der Waals surface area contributed by atoms with Gasteiger partial charge in [0, 0.05) is 34.5 Å². The minimum atomic E-state index is -0.577. The van der Waals surface area contributed by atoms with Gasteiger partial charge >= 0.3 is 0 Å². The Morgan fingerprint density at radius 1 is 0.949 bits per heavy atom. The Labute approximate surface area is 229 Å². The number of benzene rings is 3. The fraction of sp³-hybridized carbons (Fsp3) is 0.273. The molecule has 6 heteroatoms. The van der Waals surface area contributed by atoms with Crippen LogP contribution in [-0.4, -0.2) is 18.8 Å². The van der Waals surface area contributed by atoms with Crippen molar-refractivity contribution in [2.45, 2.75) is 46.1 Å². The van der Waals surface area contributed by atoms with Gasteiger partial charge in [0.1, 0.15) is 18.1 Å². The predicted molar refractivity (Wildman–Crippen MR) is 152 cm³/mol. The molecule has 2 N–H and O–H groups in total. The minimum absolute atomic E-state index is 0.0479. The molecule has 1 aliphatic carbocycles. The number of allylic oxidation sites excluding steroid dienone is 3. The number of nitrogens with one attached hydrogen (secondary N) is 2. The first-order valence-corrected chi connectivity index (χ1v) is 13.2. The summed E-state index contributed by atoms with van der Waals surface area (Å²) in [6, 6.07) is 24.9. The Morgan fingerprint density at radius 2 is 1.62 bits per heavy atom. The van der Waals surface area contributed by atoms with Gasteiger partial charge in [0.25, 0.3) is 5.91 Å². The van der Waals surface area contributed by atoms with Gasteiger partial charge in [-0.3, -0.25) is 9.59 Å². The number of dihydropyridines is 1. The van der Waals surface area contributed by atoms with Crippen LogP contribution in [0.4, 0.5) is 5.69 Å². The van der Waals surface area contributed by atoms with Crippen LogP contribution in [0.15, 0.2) is 101 Å². The number of ether oxygens (including phenoxy) is 2. The van der Waals surface area contributed by atoms with Crippen LogP contribution in [0.2, 0.25) is 0 Å². The van der Waals surface area contributed by atoms with Crippen LogP contribution in [0, 0.1) is 5.41 Å². The normalized spacial score (nSPS) is 18.3. The van der Waals surface area contributed by atoms with E-state index in [0.29, 0.717) is 41.4 Å². The third-order valence-electron chi connectivity index (χ3n) is 7.31. The number of amides is 1. The number of carbonyl (C=O) groups is 2. The lowest BCUT2D eigenvalue weighted by Crippen LogP contribution is -2.39. The molecule has 0 aromatic heterocycles. The second-order valence-corrected chi connectivity index (χ2v) is 10.9. The second kappa shape index (κ2) is 10.8. The maximum atomic E-state index is 14.0. The zero-order chi connectivity index (χ0) is 27.6. The summed E-state index contributed by atoms with van der Waals surface area (Å²) in [7, 11) is 1.57. The standard InChI is InChI=1S/C33H34N2O4/c1-21-29(32(37)35-24-15-9-11-17-28(24)38-4)30(31-25(34-21)18-33(2,3)19-26(31)36)23-14-8-10-16-27(23)39-20-22-12-6-5-7-13-22/h5-17,30,34H,18-20H2,1-4H3,(H,35,37)/t30-/m0/s1. The van der Waals surface area contributed by atoms with Crippen LogP contribution < -0.4 is 20.1 Å². The Bertz CT molecular complexity index is 1470. The molecule has 1 heterocycles. The molecule has 1 atom stereocenters. The van der Waals surface area contributed by atoms with Crippen LogP contribution >= 0.6 is 0 Å². The summed E-state index contributed by atoms with van der Waals surface area (Å²) >= 11 is 0. The summed E-state index contributed by atoms with van der Waals surface area (Å²) in [4.78, 5) is 27.7. The number of hydrogen-bond acceptors (Lipinski definition) is 5. The number of hydrogen-bond donors (Lipinski definition) is 2. The molecule has 2 aliphatic rings. The summed E-state index contributed by atoms with van der Waals surface area (Å²) in [5.74, 6) is 0.384. The lowest BCUT2D eigenvalue weighted by Gasteiger charge is -2.40. The van der Waals surface area contributed by atoms with E-state index in [4.69, 9.17) is 9.47 Å². The molecule has 0 fully saturated rings. The first-order chi connectivity index (χ1) is 18.8. The second-order valence-electron chi connectivity index (χ2n) is 10.9. The maximum Gasteiger partial charge on any atom is 0.254 e. The molecule has 1 amide bonds. The molecule has 0 radical (unpaired) electrons. The van der Waals surface area contributed by atoms with Gasteiger partial charge in [-0.2, -0.15) is 0 Å². The molecule has 0 unspecified atom stereocenters. The van der Waals surface area contributed by atoms with Crippen molar-refractivity contribution in [2.75, 3.05) is 12.4 Å². The molecule has 0 saturated carbocycles. The lowest BCUT2D eigenvalue weighted by atomic mass is 9.68. The molecule has 1 aliphatic heterocycles. The molecule has 3 aromatic carbocycles. The Balaban J connectivity index is 1.59. The van der Waals surface area contributed by atoms with E-state index < -0.39 is 5.92 Å². The number of anilines is 1. The molecule has 0 bridgehead atoms. The fourth-order valence-corrected chi connectivity index (χ4v) is 5.57. The number of ketones is 1. The van der Waals surface area contributed by atoms with Crippen molar-refractivity contribution in [3.05, 3.63) is 113 Å². The van der Waals surface area contributed by atoms with Gasteiger partial charge in [-0.15, -0.1) is 0 Å². The van der Waals surface area contributed by atoms with Crippen molar-refractivity contribution in [1.82, 2.24) is 5.32 Å². The molecule has 5 rings (SSSR count). The molecule has 200 valence electrons. The van der Waals surface area contributed by atoms with Crippen molar-refractivity contribution in [3.63, 3.8) is 0 Å². The van der Waals surface area contributed by atoms with E-state index >= 15 is 0 Å². The highest BCUT2D eigenvalue weighted by atomic mass is 16.5. The summed E-state index contributed by atoms with van der Waals surface area (Å²) in [5.41, 5.74) is 4.94.